The molecule has 0 radical (unpaired) electrons. The van der Waals surface area contributed by atoms with E-state index in [0.717, 1.165) is 12.0 Å². The van der Waals surface area contributed by atoms with Crippen LogP contribution in [0.25, 0.3) is 0 Å². The lowest BCUT2D eigenvalue weighted by Crippen LogP contribution is -2.59. The number of anilines is 1. The van der Waals surface area contributed by atoms with Gasteiger partial charge < -0.3 is 48.1 Å². The summed E-state index contributed by atoms with van der Waals surface area (Å²) in [6.07, 6.45) is 10.0. The largest absolute Gasteiger partial charge is 0.493 e. The van der Waals surface area contributed by atoms with Crippen LogP contribution in [0.15, 0.2) is 71.4 Å². The molecule has 2 fully saturated rings. The molecule has 1 aromatic rings. The number of methoxy groups -OCH3 is 3. The molecule has 1 aromatic carbocycles. The molecule has 0 unspecified atom stereocenters. The molecule has 3 N–H and O–H groups in total. The van der Waals surface area contributed by atoms with Gasteiger partial charge in [0.1, 0.15) is 23.7 Å². The van der Waals surface area contributed by atoms with Crippen molar-refractivity contribution in [3.05, 3.63) is 71.4 Å². The molecular weight excluding hydrogens is 734 g/mol. The predicted molar refractivity (Wildman–Crippen MR) is 212 cm³/mol. The summed E-state index contributed by atoms with van der Waals surface area (Å²) >= 11 is 0. The second-order valence-corrected chi connectivity index (χ2v) is 16.1. The molecule has 5 aliphatic rings. The number of ether oxygens (including phenoxy) is 8. The maximum atomic E-state index is 14.5. The highest BCUT2D eigenvalue weighted by Crippen LogP contribution is 2.48. The Morgan fingerprint density at radius 3 is 2.40 bits per heavy atom. The monoisotopic (exact) mass is 793 g/mol. The Balaban J connectivity index is 1.34. The first kappa shape index (κ1) is 42.5. The van der Waals surface area contributed by atoms with Gasteiger partial charge in [0.2, 0.25) is 5.75 Å². The molecule has 312 valence electrons. The summed E-state index contributed by atoms with van der Waals surface area (Å²) in [5, 5.41) is 26.8. The lowest BCUT2D eigenvalue weighted by atomic mass is 9.70. The predicted octanol–water partition coefficient (Wildman–Crippen LogP) is 6.59. The van der Waals surface area contributed by atoms with Crippen molar-refractivity contribution in [3.8, 4) is 17.2 Å². The molecule has 4 aliphatic heterocycles. The Hall–Kier alpha value is -4.14. The van der Waals surface area contributed by atoms with Gasteiger partial charge in [-0.1, -0.05) is 70.6 Å². The Labute approximate surface area is 335 Å². The standard InChI is InChI=1S/C44H59NO12/c1-10-24(2)37-27(5)16-17-43(57-37)22-32-21-31(56-43)15-14-26(4)36(46)25(3)12-11-13-29-23-53-40-38(28(6)18-33(41(47)54-32)44(29,40)49)55-42(48)45-30-19-34(50-7)39(52-9)35(20-30)51-8/h11-14,16-20,24-25,27,31-33,36-38,40,46,49H,10,15,21-23H2,1-9H3,(H,45,48)/b12-11+,26-14+,29-13+/t24-,25-,27-,31+,32-,33-,36-,37+,38+,40+,43+,44+/m0/s1. The van der Waals surface area contributed by atoms with E-state index >= 15 is 0 Å². The maximum Gasteiger partial charge on any atom is 0.412 e. The molecule has 4 heterocycles. The summed E-state index contributed by atoms with van der Waals surface area (Å²) in [6.45, 7) is 11.9. The van der Waals surface area contributed by atoms with Crippen LogP contribution in [0.5, 0.6) is 17.2 Å². The number of allylic oxidation sites excluding steroid dienone is 2. The van der Waals surface area contributed by atoms with Crippen molar-refractivity contribution in [2.45, 2.75) is 115 Å². The third kappa shape index (κ3) is 8.54. The van der Waals surface area contributed by atoms with Crippen molar-refractivity contribution in [1.82, 2.24) is 0 Å². The second-order valence-electron chi connectivity index (χ2n) is 16.1. The van der Waals surface area contributed by atoms with Crippen molar-refractivity contribution >= 4 is 17.7 Å². The molecular formula is C44H59NO12. The summed E-state index contributed by atoms with van der Waals surface area (Å²) in [7, 11) is 4.41. The Morgan fingerprint density at radius 2 is 1.74 bits per heavy atom. The number of benzene rings is 1. The molecule has 2 saturated heterocycles. The average Bonchev–Trinajstić information content (AvgIpc) is 3.53. The first-order chi connectivity index (χ1) is 27.2. The number of fused-ring (bicyclic) bond motifs is 2. The summed E-state index contributed by atoms with van der Waals surface area (Å²) in [5.41, 5.74) is 0.0502. The fourth-order valence-electron chi connectivity index (χ4n) is 8.71. The number of aliphatic hydroxyl groups is 2. The molecule has 6 rings (SSSR count). The second kappa shape index (κ2) is 17.4. The number of nitrogens with one attached hydrogen (secondary N) is 1. The molecule has 1 aliphatic carbocycles. The van der Waals surface area contributed by atoms with Crippen molar-refractivity contribution in [2.75, 3.05) is 33.3 Å². The lowest BCUT2D eigenvalue weighted by molar-refractivity contribution is -0.300. The van der Waals surface area contributed by atoms with Crippen LogP contribution >= 0.6 is 0 Å². The van der Waals surface area contributed by atoms with E-state index in [4.69, 9.17) is 37.9 Å². The van der Waals surface area contributed by atoms with Gasteiger partial charge in [0.25, 0.3) is 0 Å². The van der Waals surface area contributed by atoms with Crippen LogP contribution in [-0.4, -0.2) is 98.2 Å². The Kier molecular flexibility index (Phi) is 12.9. The van der Waals surface area contributed by atoms with Gasteiger partial charge in [-0.25, -0.2) is 4.79 Å². The van der Waals surface area contributed by atoms with Crippen molar-refractivity contribution in [1.29, 1.82) is 0 Å². The van der Waals surface area contributed by atoms with Crippen molar-refractivity contribution in [2.24, 2.45) is 23.7 Å². The zero-order valence-corrected chi connectivity index (χ0v) is 34.5. The number of carbonyl (C=O) groups is 2. The summed E-state index contributed by atoms with van der Waals surface area (Å²) < 4.78 is 48.3. The van der Waals surface area contributed by atoms with Gasteiger partial charge in [0, 0.05) is 36.8 Å². The summed E-state index contributed by atoms with van der Waals surface area (Å²) in [6, 6.07) is 3.12. The van der Waals surface area contributed by atoms with E-state index in [1.54, 1.807) is 37.3 Å². The van der Waals surface area contributed by atoms with Crippen LogP contribution in [0.1, 0.15) is 67.2 Å². The summed E-state index contributed by atoms with van der Waals surface area (Å²) in [4.78, 5) is 28.0. The fraction of sp³-hybridized carbons (Fsp3) is 0.591. The molecule has 13 heteroatoms. The van der Waals surface area contributed by atoms with Crippen LogP contribution < -0.4 is 19.5 Å². The van der Waals surface area contributed by atoms with Gasteiger partial charge in [0.05, 0.1) is 51.9 Å². The van der Waals surface area contributed by atoms with Crippen LogP contribution in [0, 0.1) is 23.7 Å². The minimum atomic E-state index is -1.95. The van der Waals surface area contributed by atoms with Crippen LogP contribution in [0.3, 0.4) is 0 Å². The minimum absolute atomic E-state index is 0.0447. The number of hydrogen-bond donors (Lipinski definition) is 3. The van der Waals surface area contributed by atoms with Crippen LogP contribution in [0.4, 0.5) is 10.5 Å². The van der Waals surface area contributed by atoms with E-state index in [9.17, 15) is 19.8 Å². The van der Waals surface area contributed by atoms with E-state index < -0.39 is 53.8 Å². The molecule has 1 spiro atoms. The number of amides is 1. The van der Waals surface area contributed by atoms with E-state index in [-0.39, 0.29) is 43.0 Å². The first-order valence-electron chi connectivity index (χ1n) is 19.9. The van der Waals surface area contributed by atoms with E-state index in [0.29, 0.717) is 46.9 Å². The minimum Gasteiger partial charge on any atom is -0.493 e. The Morgan fingerprint density at radius 1 is 1.02 bits per heavy atom. The number of carbonyl (C=O) groups excluding carboxylic acids is 2. The van der Waals surface area contributed by atoms with Crippen molar-refractivity contribution in [3.63, 3.8) is 0 Å². The highest BCUT2D eigenvalue weighted by atomic mass is 16.7. The maximum absolute atomic E-state index is 14.5. The summed E-state index contributed by atoms with van der Waals surface area (Å²) in [5.74, 6) is -1.81. The number of rotatable bonds is 7. The highest BCUT2D eigenvalue weighted by molar-refractivity contribution is 5.86. The van der Waals surface area contributed by atoms with E-state index in [1.807, 2.05) is 32.1 Å². The molecule has 12 atom stereocenters. The smallest absolute Gasteiger partial charge is 0.412 e. The van der Waals surface area contributed by atoms with Crippen molar-refractivity contribution < 1.29 is 57.7 Å². The zero-order valence-electron chi connectivity index (χ0n) is 34.5. The molecule has 0 aromatic heterocycles. The van der Waals surface area contributed by atoms with Gasteiger partial charge in [-0.3, -0.25) is 10.1 Å². The molecule has 2 bridgehead atoms. The lowest BCUT2D eigenvalue weighted by Gasteiger charge is -2.48. The number of hydrogen-bond acceptors (Lipinski definition) is 12. The molecule has 0 saturated carbocycles. The number of aliphatic hydroxyl groups excluding tert-OH is 1. The van der Waals surface area contributed by atoms with Crippen LogP contribution in [0.2, 0.25) is 0 Å². The van der Waals surface area contributed by atoms with Gasteiger partial charge in [-0.15, -0.1) is 0 Å². The Bertz CT molecular complexity index is 1790. The van der Waals surface area contributed by atoms with Crippen LogP contribution in [-0.2, 0) is 28.5 Å². The fourth-order valence-corrected chi connectivity index (χ4v) is 8.71. The van der Waals surface area contributed by atoms with Gasteiger partial charge in [0.15, 0.2) is 23.4 Å². The normalized spacial score (nSPS) is 38.3. The molecule has 57 heavy (non-hydrogen) atoms. The van der Waals surface area contributed by atoms with E-state index in [2.05, 4.69) is 32.2 Å². The topological polar surface area (TPSA) is 160 Å². The van der Waals surface area contributed by atoms with Gasteiger partial charge >= 0.3 is 12.1 Å². The molecule has 1 amide bonds. The zero-order chi connectivity index (χ0) is 41.2. The number of esters is 1. The van der Waals surface area contributed by atoms with Gasteiger partial charge in [-0.2, -0.15) is 0 Å². The third-order valence-electron chi connectivity index (χ3n) is 12.2. The average molecular weight is 794 g/mol. The highest BCUT2D eigenvalue weighted by Gasteiger charge is 2.61. The first-order valence-corrected chi connectivity index (χ1v) is 19.9. The molecule has 13 nitrogen and oxygen atoms in total. The third-order valence-corrected chi connectivity index (χ3v) is 12.2. The van der Waals surface area contributed by atoms with E-state index in [1.165, 1.54) is 21.3 Å². The van der Waals surface area contributed by atoms with Gasteiger partial charge in [-0.05, 0) is 49.0 Å². The quantitative estimate of drug-likeness (QED) is 0.201. The SMILES string of the molecule is CC[C@H](C)[C@H]1O[C@]2(C=C[C@@H]1C)C[C@@H]1C[C@@H](C/C=C(\C)[C@@H](O)[C@@H](C)/C=C/C=C3\CO[C@@H]4[C@H](OC(=O)Nc5cc(OC)c(OC)c(OC)c5)C(C)=C[C@@H](C(=O)O1)[C@]34O)O2.